The summed E-state index contributed by atoms with van der Waals surface area (Å²) in [5, 5.41) is 3.96. The van der Waals surface area contributed by atoms with E-state index in [4.69, 9.17) is 4.52 Å². The van der Waals surface area contributed by atoms with Crippen LogP contribution in [0.3, 0.4) is 0 Å². The van der Waals surface area contributed by atoms with Crippen LogP contribution in [0.2, 0.25) is 0 Å². The second-order valence-electron chi connectivity index (χ2n) is 5.69. The van der Waals surface area contributed by atoms with Crippen LogP contribution in [0.25, 0.3) is 0 Å². The van der Waals surface area contributed by atoms with Crippen molar-refractivity contribution in [2.75, 3.05) is 0 Å². The van der Waals surface area contributed by atoms with Crippen molar-refractivity contribution in [1.29, 1.82) is 0 Å². The number of sulfonamides is 1. The lowest BCUT2D eigenvalue weighted by Crippen LogP contribution is -2.25. The van der Waals surface area contributed by atoms with Crippen LogP contribution in [0.4, 0.5) is 0 Å². The molecule has 2 aromatic rings. The molecule has 1 N–H and O–H groups in total. The zero-order valence-corrected chi connectivity index (χ0v) is 14.5. The van der Waals surface area contributed by atoms with E-state index in [1.165, 1.54) is 6.26 Å². The number of aromatic nitrogens is 1. The van der Waals surface area contributed by atoms with Crippen molar-refractivity contribution in [3.8, 4) is 0 Å². The zero-order chi connectivity index (χ0) is 15.7. The minimum atomic E-state index is -3.60. The van der Waals surface area contributed by atoms with Gasteiger partial charge < -0.3 is 4.52 Å². The Morgan fingerprint density at radius 3 is 2.57 bits per heavy atom. The fraction of sp³-hybridized carbons (Fsp3) is 0.357. The lowest BCUT2D eigenvalue weighted by molar-refractivity contribution is 0.393. The molecule has 114 valence electrons. The summed E-state index contributed by atoms with van der Waals surface area (Å²) in [5.74, 6) is 0. The van der Waals surface area contributed by atoms with Crippen molar-refractivity contribution in [2.24, 2.45) is 0 Å². The molecule has 5 nitrogen and oxygen atoms in total. The molecule has 1 aromatic carbocycles. The van der Waals surface area contributed by atoms with Gasteiger partial charge in [-0.15, -0.1) is 0 Å². The molecule has 0 atom stereocenters. The lowest BCUT2D eigenvalue weighted by atomic mass is 9.90. The Labute approximate surface area is 132 Å². The number of rotatable bonds is 4. The van der Waals surface area contributed by atoms with Gasteiger partial charge in [0, 0.05) is 22.0 Å². The monoisotopic (exact) mass is 372 g/mol. The average Bonchev–Trinajstić information content (AvgIpc) is 2.85. The number of halogens is 1. The van der Waals surface area contributed by atoms with Gasteiger partial charge in [-0.3, -0.25) is 0 Å². The van der Waals surface area contributed by atoms with E-state index in [1.807, 2.05) is 20.8 Å². The molecule has 0 amide bonds. The molecule has 0 saturated heterocycles. The van der Waals surface area contributed by atoms with Crippen molar-refractivity contribution in [2.45, 2.75) is 37.6 Å². The van der Waals surface area contributed by atoms with Crippen LogP contribution in [-0.4, -0.2) is 13.6 Å². The van der Waals surface area contributed by atoms with Gasteiger partial charge in [0.15, 0.2) is 0 Å². The molecule has 2 rings (SSSR count). The van der Waals surface area contributed by atoms with Crippen molar-refractivity contribution < 1.29 is 12.9 Å². The summed E-state index contributed by atoms with van der Waals surface area (Å²) in [6.45, 7) is 6.13. The molecule has 0 spiro atoms. The third-order valence-corrected chi connectivity index (χ3v) is 5.35. The van der Waals surface area contributed by atoms with Gasteiger partial charge in [-0.1, -0.05) is 38.1 Å². The number of nitrogens with one attached hydrogen (secondary N) is 1. The second-order valence-corrected chi connectivity index (χ2v) is 8.28. The van der Waals surface area contributed by atoms with Crippen LogP contribution in [0.1, 0.15) is 32.0 Å². The summed E-state index contributed by atoms with van der Waals surface area (Å²) in [5.41, 5.74) is 1.27. The molecule has 1 heterocycles. The fourth-order valence-electron chi connectivity index (χ4n) is 1.91. The van der Waals surface area contributed by atoms with Crippen LogP contribution in [0.5, 0.6) is 0 Å². The van der Waals surface area contributed by atoms with Gasteiger partial charge in [-0.25, -0.2) is 13.1 Å². The van der Waals surface area contributed by atoms with E-state index >= 15 is 0 Å². The molecule has 0 radical (unpaired) electrons. The zero-order valence-electron chi connectivity index (χ0n) is 12.1. The van der Waals surface area contributed by atoms with E-state index in [0.29, 0.717) is 4.47 Å². The molecule has 0 aliphatic heterocycles. The van der Waals surface area contributed by atoms with E-state index in [1.54, 1.807) is 24.3 Å². The van der Waals surface area contributed by atoms with Crippen LogP contribution in [0, 0.1) is 0 Å². The van der Waals surface area contributed by atoms with Crippen LogP contribution >= 0.6 is 15.9 Å². The topological polar surface area (TPSA) is 72.2 Å². The van der Waals surface area contributed by atoms with E-state index in [-0.39, 0.29) is 16.9 Å². The highest BCUT2D eigenvalue weighted by molar-refractivity contribution is 9.10. The highest BCUT2D eigenvalue weighted by Gasteiger charge is 2.24. The molecule has 0 saturated carbocycles. The van der Waals surface area contributed by atoms with Crippen molar-refractivity contribution in [3.63, 3.8) is 0 Å². The molecule has 7 heteroatoms. The van der Waals surface area contributed by atoms with E-state index in [0.717, 1.165) is 11.3 Å². The second kappa shape index (κ2) is 5.90. The Kier molecular flexibility index (Phi) is 4.55. The fourth-order valence-corrected chi connectivity index (χ4v) is 3.92. The number of hydrogen-bond donors (Lipinski definition) is 1. The first-order valence-electron chi connectivity index (χ1n) is 6.40. The van der Waals surface area contributed by atoms with Crippen molar-refractivity contribution in [3.05, 3.63) is 46.3 Å². The quantitative estimate of drug-likeness (QED) is 0.893. The highest BCUT2D eigenvalue weighted by Crippen LogP contribution is 2.25. The molecule has 1 aromatic heterocycles. The van der Waals surface area contributed by atoms with Gasteiger partial charge in [0.1, 0.15) is 6.26 Å². The van der Waals surface area contributed by atoms with Crippen LogP contribution in [0.15, 0.2) is 44.4 Å². The maximum absolute atomic E-state index is 12.3. The largest absolute Gasteiger partial charge is 0.364 e. The summed E-state index contributed by atoms with van der Waals surface area (Å²) in [7, 11) is -3.60. The summed E-state index contributed by atoms with van der Waals surface area (Å²) in [4.78, 5) is 0.207. The maximum Gasteiger partial charge on any atom is 0.241 e. The Morgan fingerprint density at radius 1 is 1.29 bits per heavy atom. The first kappa shape index (κ1) is 16.2. The standard InChI is InChI=1S/C14H17BrN2O3S/c1-14(2,3)13-10(9-20-17-13)8-16-21(18,19)12-7-5-4-6-11(12)15/h4-7,9,16H,8H2,1-3H3. The van der Waals surface area contributed by atoms with Gasteiger partial charge in [0.05, 0.1) is 10.6 Å². The van der Waals surface area contributed by atoms with Gasteiger partial charge in [0.2, 0.25) is 10.0 Å². The predicted molar refractivity (Wildman–Crippen MR) is 83.4 cm³/mol. The van der Waals surface area contributed by atoms with Gasteiger partial charge in [-0.2, -0.15) is 0 Å². The smallest absolute Gasteiger partial charge is 0.241 e. The van der Waals surface area contributed by atoms with E-state index in [2.05, 4.69) is 25.8 Å². The Bertz CT molecular complexity index is 733. The Balaban J connectivity index is 2.21. The van der Waals surface area contributed by atoms with Gasteiger partial charge >= 0.3 is 0 Å². The SMILES string of the molecule is CC(C)(C)c1nocc1CNS(=O)(=O)c1ccccc1Br. The molecule has 0 fully saturated rings. The molecular weight excluding hydrogens is 356 g/mol. The van der Waals surface area contributed by atoms with Crippen molar-refractivity contribution in [1.82, 2.24) is 9.88 Å². The predicted octanol–water partition coefficient (Wildman–Crippen LogP) is 3.21. The summed E-state index contributed by atoms with van der Waals surface area (Å²) < 4.78 is 32.7. The third-order valence-electron chi connectivity index (χ3n) is 2.93. The van der Waals surface area contributed by atoms with Crippen LogP contribution in [-0.2, 0) is 22.0 Å². The van der Waals surface area contributed by atoms with E-state index in [9.17, 15) is 8.42 Å². The summed E-state index contributed by atoms with van der Waals surface area (Å²) in [6.07, 6.45) is 1.48. The van der Waals surface area contributed by atoms with Gasteiger partial charge in [-0.05, 0) is 28.1 Å². The number of hydrogen-bond acceptors (Lipinski definition) is 4. The first-order chi connectivity index (χ1) is 9.72. The lowest BCUT2D eigenvalue weighted by Gasteiger charge is -2.16. The molecule has 0 aliphatic carbocycles. The molecule has 0 unspecified atom stereocenters. The van der Waals surface area contributed by atoms with Gasteiger partial charge in [0.25, 0.3) is 0 Å². The highest BCUT2D eigenvalue weighted by atomic mass is 79.9. The van der Waals surface area contributed by atoms with Crippen molar-refractivity contribution >= 4 is 26.0 Å². The normalized spacial score (nSPS) is 12.6. The third kappa shape index (κ3) is 3.72. The first-order valence-corrected chi connectivity index (χ1v) is 8.67. The summed E-state index contributed by atoms with van der Waals surface area (Å²) in [6, 6.07) is 6.68. The van der Waals surface area contributed by atoms with E-state index < -0.39 is 10.0 Å². The number of benzene rings is 1. The molecule has 0 bridgehead atoms. The minimum Gasteiger partial charge on any atom is -0.364 e. The number of nitrogens with zero attached hydrogens (tertiary/aromatic N) is 1. The maximum atomic E-state index is 12.3. The average molecular weight is 373 g/mol. The molecular formula is C14H17BrN2O3S. The van der Waals surface area contributed by atoms with Crippen LogP contribution < -0.4 is 4.72 Å². The molecule has 0 aliphatic rings. The Morgan fingerprint density at radius 2 is 1.95 bits per heavy atom. The Hall–Kier alpha value is -1.18. The molecule has 21 heavy (non-hydrogen) atoms. The minimum absolute atomic E-state index is 0.139. The summed E-state index contributed by atoms with van der Waals surface area (Å²) >= 11 is 3.25.